The first-order valence-electron chi connectivity index (χ1n) is 5.52. The third-order valence-corrected chi connectivity index (χ3v) is 2.40. The van der Waals surface area contributed by atoms with E-state index in [-0.39, 0.29) is 0 Å². The molecule has 1 heterocycles. The second-order valence-electron chi connectivity index (χ2n) is 3.69. The van der Waals surface area contributed by atoms with Crippen molar-refractivity contribution in [3.05, 3.63) is 42.2 Å². The molecule has 0 aliphatic carbocycles. The van der Waals surface area contributed by atoms with Crippen LogP contribution in [0, 0.1) is 6.92 Å². The van der Waals surface area contributed by atoms with Crippen molar-refractivity contribution in [3.8, 4) is 17.1 Å². The van der Waals surface area contributed by atoms with Crippen molar-refractivity contribution in [2.75, 3.05) is 13.2 Å². The van der Waals surface area contributed by atoms with Crippen molar-refractivity contribution >= 4 is 0 Å². The minimum Gasteiger partial charge on any atom is -0.489 e. The second-order valence-corrected chi connectivity index (χ2v) is 3.69. The molecule has 0 saturated heterocycles. The van der Waals surface area contributed by atoms with E-state index in [9.17, 15) is 0 Å². The molecule has 2 rings (SSSR count). The molecule has 1 aromatic heterocycles. The van der Waals surface area contributed by atoms with Gasteiger partial charge in [0, 0.05) is 12.1 Å². The van der Waals surface area contributed by atoms with Crippen LogP contribution >= 0.6 is 0 Å². The highest BCUT2D eigenvalue weighted by atomic mass is 16.5. The zero-order valence-electron chi connectivity index (χ0n) is 9.76. The van der Waals surface area contributed by atoms with E-state index in [1.54, 1.807) is 12.4 Å². The summed E-state index contributed by atoms with van der Waals surface area (Å²) < 4.78 is 5.33. The number of aryl methyl sites for hydroxylation is 1. The summed E-state index contributed by atoms with van der Waals surface area (Å²) in [6.07, 6.45) is 3.34. The van der Waals surface area contributed by atoms with E-state index in [2.05, 4.69) is 9.97 Å². The lowest BCUT2D eigenvalue weighted by Gasteiger charge is -2.06. The van der Waals surface area contributed by atoms with Crippen LogP contribution in [-0.4, -0.2) is 23.1 Å². The van der Waals surface area contributed by atoms with Gasteiger partial charge in [-0.25, -0.2) is 9.97 Å². The van der Waals surface area contributed by atoms with Gasteiger partial charge in [0.05, 0.1) is 12.4 Å². The zero-order valence-corrected chi connectivity index (χ0v) is 9.76. The van der Waals surface area contributed by atoms with Crippen LogP contribution in [0.2, 0.25) is 0 Å². The lowest BCUT2D eigenvalue weighted by Crippen LogP contribution is -2.10. The molecule has 0 amide bonds. The number of aromatic nitrogens is 2. The summed E-state index contributed by atoms with van der Waals surface area (Å²) in [7, 11) is 0. The number of hydrogen-bond donors (Lipinski definition) is 1. The molecule has 17 heavy (non-hydrogen) atoms. The summed E-state index contributed by atoms with van der Waals surface area (Å²) in [5.74, 6) is 1.36. The highest BCUT2D eigenvalue weighted by molar-refractivity contribution is 5.59. The van der Waals surface area contributed by atoms with E-state index in [0.717, 1.165) is 11.1 Å². The molecule has 0 unspecified atom stereocenters. The van der Waals surface area contributed by atoms with Crippen molar-refractivity contribution in [2.24, 2.45) is 5.73 Å². The Balaban J connectivity index is 2.21. The predicted molar refractivity (Wildman–Crippen MR) is 66.8 cm³/mol. The number of nitrogens with zero attached hydrogens (tertiary/aromatic N) is 2. The van der Waals surface area contributed by atoms with Gasteiger partial charge >= 0.3 is 0 Å². The normalized spacial score (nSPS) is 10.2. The molecule has 0 spiro atoms. The van der Waals surface area contributed by atoms with Gasteiger partial charge in [-0.3, -0.25) is 0 Å². The van der Waals surface area contributed by atoms with Gasteiger partial charge in [-0.15, -0.1) is 0 Å². The number of rotatable bonds is 4. The van der Waals surface area contributed by atoms with Crippen LogP contribution < -0.4 is 10.5 Å². The van der Waals surface area contributed by atoms with E-state index >= 15 is 0 Å². The first-order chi connectivity index (χ1) is 8.31. The average molecular weight is 229 g/mol. The molecule has 2 aromatic rings. The Morgan fingerprint density at radius 2 is 1.88 bits per heavy atom. The standard InChI is InChI=1S/C13H15N3O/c1-10-4-2-3-5-12(10)13-15-8-11(9-16-13)17-7-6-14/h2-5,8-9H,6-7,14H2,1H3. The van der Waals surface area contributed by atoms with Crippen LogP contribution in [0.4, 0.5) is 0 Å². The Hall–Kier alpha value is -1.94. The summed E-state index contributed by atoms with van der Waals surface area (Å²) >= 11 is 0. The number of hydrogen-bond acceptors (Lipinski definition) is 4. The second kappa shape index (κ2) is 5.41. The smallest absolute Gasteiger partial charge is 0.159 e. The molecule has 88 valence electrons. The van der Waals surface area contributed by atoms with Gasteiger partial charge in [-0.2, -0.15) is 0 Å². The minimum absolute atomic E-state index is 0.479. The van der Waals surface area contributed by atoms with E-state index in [0.29, 0.717) is 24.7 Å². The number of benzene rings is 1. The fraction of sp³-hybridized carbons (Fsp3) is 0.231. The monoisotopic (exact) mass is 229 g/mol. The Morgan fingerprint density at radius 1 is 1.18 bits per heavy atom. The maximum Gasteiger partial charge on any atom is 0.159 e. The van der Waals surface area contributed by atoms with Crippen LogP contribution in [-0.2, 0) is 0 Å². The molecule has 4 heteroatoms. The fourth-order valence-electron chi connectivity index (χ4n) is 1.53. The van der Waals surface area contributed by atoms with Crippen LogP contribution in [0.15, 0.2) is 36.7 Å². The van der Waals surface area contributed by atoms with Crippen LogP contribution in [0.1, 0.15) is 5.56 Å². The molecule has 2 N–H and O–H groups in total. The van der Waals surface area contributed by atoms with Crippen molar-refractivity contribution < 1.29 is 4.74 Å². The van der Waals surface area contributed by atoms with Crippen molar-refractivity contribution in [2.45, 2.75) is 6.92 Å². The minimum atomic E-state index is 0.479. The Bertz CT molecular complexity index is 482. The zero-order chi connectivity index (χ0) is 12.1. The maximum absolute atomic E-state index is 5.35. The van der Waals surface area contributed by atoms with Crippen molar-refractivity contribution in [1.29, 1.82) is 0 Å². The molecular weight excluding hydrogens is 214 g/mol. The van der Waals surface area contributed by atoms with Gasteiger partial charge in [0.25, 0.3) is 0 Å². The number of nitrogens with two attached hydrogens (primary N) is 1. The Kier molecular flexibility index (Phi) is 3.67. The third-order valence-electron chi connectivity index (χ3n) is 2.40. The Morgan fingerprint density at radius 3 is 2.53 bits per heavy atom. The third kappa shape index (κ3) is 2.79. The maximum atomic E-state index is 5.35. The predicted octanol–water partition coefficient (Wildman–Crippen LogP) is 1.79. The molecule has 0 fully saturated rings. The molecule has 1 aromatic carbocycles. The van der Waals surface area contributed by atoms with E-state index in [1.165, 1.54) is 0 Å². The highest BCUT2D eigenvalue weighted by Crippen LogP contribution is 2.19. The van der Waals surface area contributed by atoms with E-state index in [4.69, 9.17) is 10.5 Å². The van der Waals surface area contributed by atoms with Gasteiger partial charge in [-0.05, 0) is 12.5 Å². The first-order valence-corrected chi connectivity index (χ1v) is 5.52. The lowest BCUT2D eigenvalue weighted by molar-refractivity contribution is 0.325. The molecule has 0 atom stereocenters. The van der Waals surface area contributed by atoms with E-state index in [1.807, 2.05) is 31.2 Å². The van der Waals surface area contributed by atoms with Gasteiger partial charge in [0.15, 0.2) is 11.6 Å². The van der Waals surface area contributed by atoms with Gasteiger partial charge in [0.2, 0.25) is 0 Å². The summed E-state index contributed by atoms with van der Waals surface area (Å²) in [6, 6.07) is 8.02. The molecule has 4 nitrogen and oxygen atoms in total. The summed E-state index contributed by atoms with van der Waals surface area (Å²) in [6.45, 7) is 3.00. The van der Waals surface area contributed by atoms with Gasteiger partial charge in [0.1, 0.15) is 6.61 Å². The lowest BCUT2D eigenvalue weighted by atomic mass is 10.1. The molecule has 0 aliphatic rings. The topological polar surface area (TPSA) is 61.0 Å². The van der Waals surface area contributed by atoms with E-state index < -0.39 is 0 Å². The molecule has 0 aliphatic heterocycles. The summed E-state index contributed by atoms with van der Waals surface area (Å²) in [5.41, 5.74) is 7.55. The summed E-state index contributed by atoms with van der Waals surface area (Å²) in [4.78, 5) is 8.57. The molecular formula is C13H15N3O. The molecule has 0 bridgehead atoms. The van der Waals surface area contributed by atoms with Crippen molar-refractivity contribution in [1.82, 2.24) is 9.97 Å². The molecule has 0 saturated carbocycles. The van der Waals surface area contributed by atoms with Crippen LogP contribution in [0.5, 0.6) is 5.75 Å². The molecule has 0 radical (unpaired) electrons. The Labute approximate surface area is 100 Å². The highest BCUT2D eigenvalue weighted by Gasteiger charge is 2.04. The van der Waals surface area contributed by atoms with Crippen LogP contribution in [0.25, 0.3) is 11.4 Å². The van der Waals surface area contributed by atoms with Crippen LogP contribution in [0.3, 0.4) is 0 Å². The van der Waals surface area contributed by atoms with Gasteiger partial charge in [-0.1, -0.05) is 24.3 Å². The average Bonchev–Trinajstić information content (AvgIpc) is 2.38. The SMILES string of the molecule is Cc1ccccc1-c1ncc(OCCN)cn1. The summed E-state index contributed by atoms with van der Waals surface area (Å²) in [5, 5.41) is 0. The largest absolute Gasteiger partial charge is 0.489 e. The fourth-order valence-corrected chi connectivity index (χ4v) is 1.53. The van der Waals surface area contributed by atoms with Gasteiger partial charge < -0.3 is 10.5 Å². The van der Waals surface area contributed by atoms with Crippen molar-refractivity contribution in [3.63, 3.8) is 0 Å². The quantitative estimate of drug-likeness (QED) is 0.868. The number of ether oxygens (including phenoxy) is 1. The first kappa shape index (κ1) is 11.5.